The second kappa shape index (κ2) is 6.80. The number of hydrogen-bond acceptors (Lipinski definition) is 5. The molecule has 2 aromatic rings. The summed E-state index contributed by atoms with van der Waals surface area (Å²) < 4.78 is 0. The predicted molar refractivity (Wildman–Crippen MR) is 77.6 cm³/mol. The number of carbonyl (C=O) groups excluding carboxylic acids is 1. The number of aliphatic hydroxyl groups excluding tert-OH is 1. The van der Waals surface area contributed by atoms with Gasteiger partial charge >= 0.3 is 0 Å². The van der Waals surface area contributed by atoms with E-state index >= 15 is 0 Å². The van der Waals surface area contributed by atoms with Crippen molar-refractivity contribution >= 4 is 22.4 Å². The zero-order valence-corrected chi connectivity index (χ0v) is 11.7. The van der Waals surface area contributed by atoms with Gasteiger partial charge in [-0.05, 0) is 13.0 Å². The molecule has 0 saturated heterocycles. The summed E-state index contributed by atoms with van der Waals surface area (Å²) >= 11 is 1.41. The summed E-state index contributed by atoms with van der Waals surface area (Å²) in [7, 11) is 0. The van der Waals surface area contributed by atoms with Gasteiger partial charge in [-0.2, -0.15) is 0 Å². The van der Waals surface area contributed by atoms with Crippen molar-refractivity contribution in [2.75, 3.05) is 11.9 Å². The van der Waals surface area contributed by atoms with Crippen molar-refractivity contribution in [3.63, 3.8) is 0 Å². The molecule has 0 saturated carbocycles. The number of nitrogens with zero attached hydrogens (tertiary/aromatic N) is 2. The molecule has 0 spiro atoms. The van der Waals surface area contributed by atoms with Crippen LogP contribution in [0.15, 0.2) is 24.7 Å². The zero-order chi connectivity index (χ0) is 14.4. The van der Waals surface area contributed by atoms with Crippen LogP contribution in [0.5, 0.6) is 0 Å². The SMILES string of the molecule is Cc1cnc(NC(=O)c2ccncc2C#CCCO)s1. The third-order valence-electron chi connectivity index (χ3n) is 2.37. The predicted octanol–water partition coefficient (Wildman–Crippen LogP) is 1.83. The zero-order valence-electron chi connectivity index (χ0n) is 10.9. The fourth-order valence-electron chi connectivity index (χ4n) is 1.48. The van der Waals surface area contributed by atoms with Crippen LogP contribution in [0.4, 0.5) is 5.13 Å². The van der Waals surface area contributed by atoms with Gasteiger partial charge in [0.1, 0.15) is 0 Å². The highest BCUT2D eigenvalue weighted by Gasteiger charge is 2.11. The Balaban J connectivity index is 2.19. The number of nitrogens with one attached hydrogen (secondary N) is 1. The summed E-state index contributed by atoms with van der Waals surface area (Å²) in [4.78, 5) is 21.3. The summed E-state index contributed by atoms with van der Waals surface area (Å²) in [5.41, 5.74) is 0.977. The van der Waals surface area contributed by atoms with Crippen LogP contribution >= 0.6 is 11.3 Å². The second-order valence-corrected chi connectivity index (χ2v) is 5.16. The average molecular weight is 287 g/mol. The molecule has 2 N–H and O–H groups in total. The molecular formula is C14H13N3O2S. The molecule has 5 nitrogen and oxygen atoms in total. The molecule has 20 heavy (non-hydrogen) atoms. The molecule has 0 bridgehead atoms. The molecule has 0 aromatic carbocycles. The first-order chi connectivity index (χ1) is 9.70. The molecule has 0 atom stereocenters. The van der Waals surface area contributed by atoms with Gasteiger partial charge in [-0.25, -0.2) is 4.98 Å². The minimum atomic E-state index is -0.268. The number of aromatic nitrogens is 2. The van der Waals surface area contributed by atoms with E-state index in [4.69, 9.17) is 5.11 Å². The van der Waals surface area contributed by atoms with Gasteiger partial charge in [-0.1, -0.05) is 11.8 Å². The van der Waals surface area contributed by atoms with Gasteiger partial charge in [0, 0.05) is 29.9 Å². The lowest BCUT2D eigenvalue weighted by molar-refractivity contribution is 0.102. The fraction of sp³-hybridized carbons (Fsp3) is 0.214. The number of thiazole rings is 1. The van der Waals surface area contributed by atoms with E-state index in [1.54, 1.807) is 18.5 Å². The van der Waals surface area contributed by atoms with Crippen LogP contribution in [-0.2, 0) is 0 Å². The topological polar surface area (TPSA) is 75.1 Å². The van der Waals surface area contributed by atoms with E-state index in [1.165, 1.54) is 17.5 Å². The standard InChI is InChI=1S/C14H13N3O2S/c1-10-8-16-14(20-10)17-13(19)12-5-6-15-9-11(12)4-2-3-7-18/h5-6,8-9,18H,3,7H2,1H3,(H,16,17,19). The van der Waals surface area contributed by atoms with Crippen molar-refractivity contribution in [1.29, 1.82) is 0 Å². The number of carbonyl (C=O) groups is 1. The molecule has 2 rings (SSSR count). The van der Waals surface area contributed by atoms with E-state index in [2.05, 4.69) is 27.1 Å². The van der Waals surface area contributed by atoms with Crippen LogP contribution in [-0.4, -0.2) is 27.6 Å². The van der Waals surface area contributed by atoms with E-state index in [1.807, 2.05) is 6.92 Å². The lowest BCUT2D eigenvalue weighted by Gasteiger charge is -2.03. The van der Waals surface area contributed by atoms with Crippen molar-refractivity contribution < 1.29 is 9.90 Å². The number of hydrogen-bond donors (Lipinski definition) is 2. The summed E-state index contributed by atoms with van der Waals surface area (Å²) in [6.07, 6.45) is 5.14. The number of anilines is 1. The first kappa shape index (κ1) is 14.2. The summed E-state index contributed by atoms with van der Waals surface area (Å²) in [5.74, 6) is 5.35. The molecule has 0 aliphatic heterocycles. The molecule has 0 fully saturated rings. The van der Waals surface area contributed by atoms with Crippen LogP contribution in [0, 0.1) is 18.8 Å². The molecule has 0 aliphatic carbocycles. The molecule has 0 radical (unpaired) electrons. The molecule has 0 aliphatic rings. The highest BCUT2D eigenvalue weighted by atomic mass is 32.1. The summed E-state index contributed by atoms with van der Waals surface area (Å²) in [5, 5.41) is 12.0. The Morgan fingerprint density at radius 2 is 2.35 bits per heavy atom. The Kier molecular flexibility index (Phi) is 4.82. The van der Waals surface area contributed by atoms with Gasteiger partial charge in [0.15, 0.2) is 5.13 Å². The Bertz CT molecular complexity index is 670. The van der Waals surface area contributed by atoms with Gasteiger partial charge in [-0.3, -0.25) is 15.1 Å². The molecule has 102 valence electrons. The third kappa shape index (κ3) is 3.63. The van der Waals surface area contributed by atoms with Crippen molar-refractivity contribution in [3.8, 4) is 11.8 Å². The Labute approximate surface area is 120 Å². The average Bonchev–Trinajstić information content (AvgIpc) is 2.85. The highest BCUT2D eigenvalue weighted by molar-refractivity contribution is 7.15. The second-order valence-electron chi connectivity index (χ2n) is 3.93. The normalized spacial score (nSPS) is 9.70. The molecular weight excluding hydrogens is 274 g/mol. The van der Waals surface area contributed by atoms with Gasteiger partial charge < -0.3 is 5.11 Å². The number of pyridine rings is 1. The van der Waals surface area contributed by atoms with Crippen LogP contribution in [0.25, 0.3) is 0 Å². The Morgan fingerprint density at radius 1 is 1.50 bits per heavy atom. The van der Waals surface area contributed by atoms with E-state index in [0.717, 1.165) is 4.88 Å². The molecule has 2 heterocycles. The largest absolute Gasteiger partial charge is 0.395 e. The lowest BCUT2D eigenvalue weighted by atomic mass is 10.1. The smallest absolute Gasteiger partial charge is 0.258 e. The van der Waals surface area contributed by atoms with E-state index in [0.29, 0.717) is 22.7 Å². The van der Waals surface area contributed by atoms with Crippen LogP contribution < -0.4 is 5.32 Å². The maximum Gasteiger partial charge on any atom is 0.258 e. The number of rotatable bonds is 3. The minimum absolute atomic E-state index is 0.00676. The number of amides is 1. The van der Waals surface area contributed by atoms with E-state index in [9.17, 15) is 4.79 Å². The number of aliphatic hydroxyl groups is 1. The molecule has 6 heteroatoms. The lowest BCUT2D eigenvalue weighted by Crippen LogP contribution is -2.13. The van der Waals surface area contributed by atoms with Gasteiger partial charge in [0.25, 0.3) is 5.91 Å². The van der Waals surface area contributed by atoms with E-state index in [-0.39, 0.29) is 12.5 Å². The van der Waals surface area contributed by atoms with Gasteiger partial charge in [0.2, 0.25) is 0 Å². The number of aryl methyl sites for hydroxylation is 1. The Hall–Kier alpha value is -2.23. The summed E-state index contributed by atoms with van der Waals surface area (Å²) in [6, 6.07) is 1.61. The monoisotopic (exact) mass is 287 g/mol. The van der Waals surface area contributed by atoms with E-state index < -0.39 is 0 Å². The molecule has 2 aromatic heterocycles. The molecule has 0 unspecified atom stereocenters. The highest BCUT2D eigenvalue weighted by Crippen LogP contribution is 2.18. The van der Waals surface area contributed by atoms with Gasteiger partial charge in [0.05, 0.1) is 17.7 Å². The van der Waals surface area contributed by atoms with Crippen LogP contribution in [0.2, 0.25) is 0 Å². The third-order valence-corrected chi connectivity index (χ3v) is 3.20. The van der Waals surface area contributed by atoms with Crippen LogP contribution in [0.1, 0.15) is 27.2 Å². The van der Waals surface area contributed by atoms with Crippen molar-refractivity contribution in [2.45, 2.75) is 13.3 Å². The maximum absolute atomic E-state index is 12.2. The van der Waals surface area contributed by atoms with Crippen molar-refractivity contribution in [2.24, 2.45) is 0 Å². The van der Waals surface area contributed by atoms with Crippen molar-refractivity contribution in [1.82, 2.24) is 9.97 Å². The fourth-order valence-corrected chi connectivity index (χ4v) is 2.14. The molecule has 1 amide bonds. The first-order valence-corrected chi connectivity index (χ1v) is 6.80. The summed E-state index contributed by atoms with van der Waals surface area (Å²) in [6.45, 7) is 1.92. The Morgan fingerprint density at radius 3 is 3.05 bits per heavy atom. The first-order valence-electron chi connectivity index (χ1n) is 5.98. The quantitative estimate of drug-likeness (QED) is 0.845. The van der Waals surface area contributed by atoms with Crippen molar-refractivity contribution in [3.05, 3.63) is 40.7 Å². The van der Waals surface area contributed by atoms with Gasteiger partial charge in [-0.15, -0.1) is 11.3 Å². The van der Waals surface area contributed by atoms with Crippen LogP contribution in [0.3, 0.4) is 0 Å². The minimum Gasteiger partial charge on any atom is -0.395 e. The maximum atomic E-state index is 12.2.